The van der Waals surface area contributed by atoms with Crippen LogP contribution in [0.15, 0.2) is 28.8 Å². The molecule has 1 fully saturated rings. The standard InChI is InChI=1S/C22H28N4O4/c1-15-19(16(2)30-23-15)20(27)25-11-9-22(10-12-25)14-26(21(28)24(3)4)13-17-7-5-6-8-18(17)29-22/h5-8H,9-14H2,1-4H3. The summed E-state index contributed by atoms with van der Waals surface area (Å²) in [6.07, 6.45) is 1.29. The van der Waals surface area contributed by atoms with Gasteiger partial charge in [0.2, 0.25) is 0 Å². The summed E-state index contributed by atoms with van der Waals surface area (Å²) < 4.78 is 11.7. The third kappa shape index (κ3) is 3.62. The van der Waals surface area contributed by atoms with Crippen LogP contribution in [0.5, 0.6) is 5.75 Å². The Morgan fingerprint density at radius 1 is 1.10 bits per heavy atom. The van der Waals surface area contributed by atoms with Gasteiger partial charge in [-0.3, -0.25) is 4.79 Å². The fourth-order valence-corrected chi connectivity index (χ4v) is 4.35. The zero-order chi connectivity index (χ0) is 21.5. The van der Waals surface area contributed by atoms with Crippen LogP contribution in [-0.2, 0) is 6.54 Å². The van der Waals surface area contributed by atoms with Crippen LogP contribution < -0.4 is 4.74 Å². The largest absolute Gasteiger partial charge is 0.485 e. The number of carbonyl (C=O) groups excluding carboxylic acids is 2. The van der Waals surface area contributed by atoms with E-state index in [1.54, 1.807) is 32.8 Å². The number of urea groups is 1. The number of likely N-dealkylation sites (tertiary alicyclic amines) is 1. The summed E-state index contributed by atoms with van der Waals surface area (Å²) in [5.74, 6) is 1.30. The third-order valence-electron chi connectivity index (χ3n) is 6.00. The molecule has 160 valence electrons. The van der Waals surface area contributed by atoms with Crippen molar-refractivity contribution in [3.63, 3.8) is 0 Å². The molecule has 2 aliphatic rings. The maximum Gasteiger partial charge on any atom is 0.319 e. The Hall–Kier alpha value is -3.03. The highest BCUT2D eigenvalue weighted by atomic mass is 16.5. The lowest BCUT2D eigenvalue weighted by Gasteiger charge is -2.43. The summed E-state index contributed by atoms with van der Waals surface area (Å²) in [4.78, 5) is 31.1. The van der Waals surface area contributed by atoms with Crippen LogP contribution in [0.3, 0.4) is 0 Å². The normalized spacial score (nSPS) is 17.9. The molecule has 1 aromatic heterocycles. The van der Waals surface area contributed by atoms with Gasteiger partial charge in [0.1, 0.15) is 22.7 Å². The number of hydrogen-bond acceptors (Lipinski definition) is 5. The van der Waals surface area contributed by atoms with E-state index in [4.69, 9.17) is 9.26 Å². The van der Waals surface area contributed by atoms with Crippen LogP contribution in [0.25, 0.3) is 0 Å². The molecule has 8 heteroatoms. The molecule has 30 heavy (non-hydrogen) atoms. The molecule has 0 radical (unpaired) electrons. The van der Waals surface area contributed by atoms with Crippen LogP contribution in [0, 0.1) is 13.8 Å². The number of rotatable bonds is 1. The first-order chi connectivity index (χ1) is 14.3. The molecule has 4 rings (SSSR count). The average Bonchev–Trinajstić information content (AvgIpc) is 2.97. The smallest absolute Gasteiger partial charge is 0.319 e. The van der Waals surface area contributed by atoms with Gasteiger partial charge in [0.05, 0.1) is 18.8 Å². The Labute approximate surface area is 176 Å². The van der Waals surface area contributed by atoms with Gasteiger partial charge in [-0.1, -0.05) is 23.4 Å². The summed E-state index contributed by atoms with van der Waals surface area (Å²) in [5, 5.41) is 3.90. The van der Waals surface area contributed by atoms with E-state index in [1.165, 1.54) is 0 Å². The van der Waals surface area contributed by atoms with E-state index >= 15 is 0 Å². The Bertz CT molecular complexity index is 940. The quantitative estimate of drug-likeness (QED) is 0.720. The summed E-state index contributed by atoms with van der Waals surface area (Å²) in [7, 11) is 3.52. The molecule has 3 amide bonds. The second-order valence-electron chi connectivity index (χ2n) is 8.42. The number of ether oxygens (including phenoxy) is 1. The van der Waals surface area contributed by atoms with Gasteiger partial charge >= 0.3 is 6.03 Å². The number of fused-ring (bicyclic) bond motifs is 1. The van der Waals surface area contributed by atoms with Gasteiger partial charge in [0, 0.05) is 45.6 Å². The number of hydrogen-bond donors (Lipinski definition) is 0. The van der Waals surface area contributed by atoms with Gasteiger partial charge in [0.15, 0.2) is 0 Å². The van der Waals surface area contributed by atoms with E-state index in [0.717, 1.165) is 11.3 Å². The van der Waals surface area contributed by atoms with Crippen molar-refractivity contribution < 1.29 is 18.8 Å². The van der Waals surface area contributed by atoms with Crippen molar-refractivity contribution in [2.75, 3.05) is 33.7 Å². The predicted molar refractivity (Wildman–Crippen MR) is 110 cm³/mol. The number of carbonyl (C=O) groups is 2. The van der Waals surface area contributed by atoms with Crippen LogP contribution in [0.2, 0.25) is 0 Å². The minimum Gasteiger partial charge on any atom is -0.485 e. The molecule has 0 bridgehead atoms. The summed E-state index contributed by atoms with van der Waals surface area (Å²) in [5.41, 5.74) is 1.63. The van der Waals surface area contributed by atoms with E-state index < -0.39 is 5.60 Å². The van der Waals surface area contributed by atoms with Gasteiger partial charge in [-0.25, -0.2) is 4.79 Å². The van der Waals surface area contributed by atoms with Gasteiger partial charge in [-0.15, -0.1) is 0 Å². The number of amides is 3. The molecule has 2 aromatic rings. The third-order valence-corrected chi connectivity index (χ3v) is 6.00. The number of aromatic nitrogens is 1. The first kappa shape index (κ1) is 20.3. The van der Waals surface area contributed by atoms with Gasteiger partial charge in [-0.2, -0.15) is 0 Å². The van der Waals surface area contributed by atoms with Crippen molar-refractivity contribution in [2.24, 2.45) is 0 Å². The summed E-state index contributed by atoms with van der Waals surface area (Å²) in [6, 6.07) is 7.83. The van der Waals surface area contributed by atoms with Crippen molar-refractivity contribution in [3.8, 4) is 5.75 Å². The Morgan fingerprint density at radius 3 is 2.43 bits per heavy atom. The van der Waals surface area contributed by atoms with Gasteiger partial charge in [0.25, 0.3) is 5.91 Å². The summed E-state index contributed by atoms with van der Waals surface area (Å²) in [6.45, 7) is 5.65. The van der Waals surface area contributed by atoms with E-state index in [2.05, 4.69) is 5.16 Å². The molecule has 2 aliphatic heterocycles. The van der Waals surface area contributed by atoms with Crippen LogP contribution in [-0.4, -0.2) is 71.1 Å². The van der Waals surface area contributed by atoms with Crippen molar-refractivity contribution in [1.82, 2.24) is 19.9 Å². The maximum atomic E-state index is 13.0. The average molecular weight is 412 g/mol. The van der Waals surface area contributed by atoms with Crippen molar-refractivity contribution >= 4 is 11.9 Å². The Morgan fingerprint density at radius 2 is 1.80 bits per heavy atom. The highest BCUT2D eigenvalue weighted by Crippen LogP contribution is 2.36. The van der Waals surface area contributed by atoms with Crippen LogP contribution in [0.4, 0.5) is 4.79 Å². The zero-order valence-electron chi connectivity index (χ0n) is 18.0. The first-order valence-corrected chi connectivity index (χ1v) is 10.2. The number of para-hydroxylation sites is 1. The molecule has 1 saturated heterocycles. The van der Waals surface area contributed by atoms with Crippen LogP contribution in [0.1, 0.15) is 40.2 Å². The Balaban J connectivity index is 1.56. The molecule has 1 spiro atoms. The lowest BCUT2D eigenvalue weighted by molar-refractivity contribution is -0.00955. The SMILES string of the molecule is Cc1noc(C)c1C(=O)N1CCC2(CC1)CN(C(=O)N(C)C)Cc1ccccc1O2. The maximum absolute atomic E-state index is 13.0. The van der Waals surface area contributed by atoms with E-state index in [0.29, 0.717) is 56.0 Å². The molecular weight excluding hydrogens is 384 g/mol. The predicted octanol–water partition coefficient (Wildman–Crippen LogP) is 2.84. The monoisotopic (exact) mass is 412 g/mol. The molecule has 0 saturated carbocycles. The van der Waals surface area contributed by atoms with Crippen molar-refractivity contribution in [2.45, 2.75) is 38.8 Å². The minimum absolute atomic E-state index is 0.0381. The molecule has 3 heterocycles. The van der Waals surface area contributed by atoms with Gasteiger partial charge < -0.3 is 24.0 Å². The number of nitrogens with zero attached hydrogens (tertiary/aromatic N) is 4. The number of piperidine rings is 1. The van der Waals surface area contributed by atoms with Crippen molar-refractivity contribution in [3.05, 3.63) is 46.8 Å². The van der Waals surface area contributed by atoms with E-state index in [9.17, 15) is 9.59 Å². The molecule has 0 N–H and O–H groups in total. The molecule has 1 aromatic carbocycles. The molecular formula is C22H28N4O4. The second-order valence-corrected chi connectivity index (χ2v) is 8.42. The minimum atomic E-state index is -0.520. The number of aryl methyl sites for hydroxylation is 2. The fraction of sp³-hybridized carbons (Fsp3) is 0.500. The molecule has 8 nitrogen and oxygen atoms in total. The van der Waals surface area contributed by atoms with Crippen LogP contribution >= 0.6 is 0 Å². The van der Waals surface area contributed by atoms with Crippen molar-refractivity contribution in [1.29, 1.82) is 0 Å². The zero-order valence-corrected chi connectivity index (χ0v) is 18.0. The highest BCUT2D eigenvalue weighted by Gasteiger charge is 2.43. The first-order valence-electron chi connectivity index (χ1n) is 10.2. The Kier molecular flexibility index (Phi) is 5.17. The topological polar surface area (TPSA) is 79.1 Å². The second kappa shape index (κ2) is 7.66. The molecule has 0 unspecified atom stereocenters. The van der Waals surface area contributed by atoms with E-state index in [1.807, 2.05) is 34.1 Å². The van der Waals surface area contributed by atoms with E-state index in [-0.39, 0.29) is 11.9 Å². The number of benzene rings is 1. The molecule has 0 atom stereocenters. The lowest BCUT2D eigenvalue weighted by Crippen LogP contribution is -2.56. The highest BCUT2D eigenvalue weighted by molar-refractivity contribution is 5.96. The summed E-state index contributed by atoms with van der Waals surface area (Å²) >= 11 is 0. The molecule has 0 aliphatic carbocycles. The van der Waals surface area contributed by atoms with Gasteiger partial charge in [-0.05, 0) is 19.9 Å². The fourth-order valence-electron chi connectivity index (χ4n) is 4.35. The lowest BCUT2D eigenvalue weighted by atomic mass is 9.90.